The standard InChI is InChI=1S/C12H23ClNPSi2/c1-16(2,3)14(17(4,5)6)15(13)12-10-8-7-9-11-12/h7-11H,1-6H3. The van der Waals surface area contributed by atoms with Gasteiger partial charge in [0.25, 0.3) is 0 Å². The van der Waals surface area contributed by atoms with E-state index in [1.807, 2.05) is 0 Å². The van der Waals surface area contributed by atoms with Gasteiger partial charge in [-0.1, -0.05) is 80.9 Å². The van der Waals surface area contributed by atoms with Crippen LogP contribution in [0.5, 0.6) is 0 Å². The van der Waals surface area contributed by atoms with Crippen molar-refractivity contribution in [3.05, 3.63) is 30.3 Å². The predicted octanol–water partition coefficient (Wildman–Crippen LogP) is 4.83. The van der Waals surface area contributed by atoms with Crippen LogP contribution >= 0.6 is 18.7 Å². The van der Waals surface area contributed by atoms with Crippen molar-refractivity contribution in [2.45, 2.75) is 39.3 Å². The van der Waals surface area contributed by atoms with Gasteiger partial charge in [-0.25, -0.2) is 0 Å². The third-order valence-corrected chi connectivity index (χ3v) is 16.7. The first-order valence-corrected chi connectivity index (χ1v) is 15.0. The maximum Gasteiger partial charge on any atom is 0.117 e. The van der Waals surface area contributed by atoms with Crippen LogP contribution in [0.3, 0.4) is 0 Å². The molecule has 1 rings (SSSR count). The first kappa shape index (κ1) is 15.4. The van der Waals surface area contributed by atoms with Crippen molar-refractivity contribution >= 4 is 40.4 Å². The highest BCUT2D eigenvalue weighted by Crippen LogP contribution is 2.50. The highest BCUT2D eigenvalue weighted by molar-refractivity contribution is 7.90. The molecule has 0 saturated heterocycles. The van der Waals surface area contributed by atoms with Crippen LogP contribution in [-0.2, 0) is 0 Å². The normalized spacial score (nSPS) is 15.1. The van der Waals surface area contributed by atoms with Crippen molar-refractivity contribution in [1.29, 1.82) is 0 Å². The van der Waals surface area contributed by atoms with Gasteiger partial charge in [0.1, 0.15) is 16.5 Å². The Morgan fingerprint density at radius 1 is 0.882 bits per heavy atom. The first-order chi connectivity index (χ1) is 7.64. The Hall–Kier alpha value is 0.334. The predicted molar refractivity (Wildman–Crippen MR) is 87.4 cm³/mol. The maximum absolute atomic E-state index is 6.80. The molecule has 0 radical (unpaired) electrons. The Morgan fingerprint density at radius 2 is 1.29 bits per heavy atom. The minimum Gasteiger partial charge on any atom is -0.309 e. The smallest absolute Gasteiger partial charge is 0.117 e. The lowest BCUT2D eigenvalue weighted by atomic mass is 10.4. The molecule has 0 spiro atoms. The third-order valence-electron chi connectivity index (χ3n) is 2.42. The topological polar surface area (TPSA) is 3.24 Å². The summed E-state index contributed by atoms with van der Waals surface area (Å²) in [7, 11) is -3.44. The summed E-state index contributed by atoms with van der Waals surface area (Å²) in [4.78, 5) is 0. The molecule has 1 unspecified atom stereocenters. The second-order valence-electron chi connectivity index (χ2n) is 6.25. The zero-order valence-electron chi connectivity index (χ0n) is 11.7. The number of rotatable bonds is 4. The van der Waals surface area contributed by atoms with E-state index in [4.69, 9.17) is 11.2 Å². The molecule has 0 aliphatic rings. The largest absolute Gasteiger partial charge is 0.309 e. The van der Waals surface area contributed by atoms with E-state index in [1.54, 1.807) is 0 Å². The molecule has 1 aromatic rings. The third kappa shape index (κ3) is 4.18. The summed E-state index contributed by atoms with van der Waals surface area (Å²) in [5.74, 6) is 0. The van der Waals surface area contributed by atoms with Crippen LogP contribution in [0.1, 0.15) is 0 Å². The average molecular weight is 304 g/mol. The quantitative estimate of drug-likeness (QED) is 0.568. The molecule has 0 saturated carbocycles. The van der Waals surface area contributed by atoms with Crippen LogP contribution in [0.4, 0.5) is 0 Å². The molecule has 17 heavy (non-hydrogen) atoms. The van der Waals surface area contributed by atoms with Gasteiger partial charge in [-0.3, -0.25) is 0 Å². The highest BCUT2D eigenvalue weighted by atomic mass is 35.7. The molecular weight excluding hydrogens is 281 g/mol. The molecule has 1 nitrogen and oxygen atoms in total. The Kier molecular flexibility index (Phi) is 5.01. The summed E-state index contributed by atoms with van der Waals surface area (Å²) in [5, 5.41) is 1.29. The molecule has 96 valence electrons. The molecule has 1 atom stereocenters. The SMILES string of the molecule is C[Si](C)(C)N(P(Cl)c1ccccc1)[Si](C)(C)C. The van der Waals surface area contributed by atoms with Crippen molar-refractivity contribution in [2.24, 2.45) is 0 Å². The van der Waals surface area contributed by atoms with Gasteiger partial charge >= 0.3 is 0 Å². The van der Waals surface area contributed by atoms with Crippen molar-refractivity contribution in [2.75, 3.05) is 0 Å². The fraction of sp³-hybridized carbons (Fsp3) is 0.500. The lowest BCUT2D eigenvalue weighted by Gasteiger charge is -2.46. The van der Waals surface area contributed by atoms with Crippen molar-refractivity contribution in [3.63, 3.8) is 0 Å². The summed E-state index contributed by atoms with van der Waals surface area (Å²) < 4.78 is 2.69. The van der Waals surface area contributed by atoms with Gasteiger partial charge in [0, 0.05) is 5.30 Å². The first-order valence-electron chi connectivity index (χ1n) is 5.95. The summed E-state index contributed by atoms with van der Waals surface area (Å²) in [5.41, 5.74) is 0. The minimum atomic E-state index is -1.38. The van der Waals surface area contributed by atoms with Crippen molar-refractivity contribution in [3.8, 4) is 0 Å². The van der Waals surface area contributed by atoms with Crippen LogP contribution in [-0.4, -0.2) is 20.5 Å². The molecule has 0 fully saturated rings. The molecule has 0 aromatic heterocycles. The maximum atomic E-state index is 6.80. The van der Waals surface area contributed by atoms with Crippen LogP contribution in [0.25, 0.3) is 0 Å². The van der Waals surface area contributed by atoms with Crippen LogP contribution < -0.4 is 5.30 Å². The van der Waals surface area contributed by atoms with Gasteiger partial charge in [0.05, 0.1) is 7.43 Å². The molecule has 0 N–H and O–H groups in total. The number of hydrogen-bond donors (Lipinski definition) is 0. The van der Waals surface area contributed by atoms with E-state index in [0.29, 0.717) is 0 Å². The summed E-state index contributed by atoms with van der Waals surface area (Å²) in [6.07, 6.45) is 0. The monoisotopic (exact) mass is 303 g/mol. The highest BCUT2D eigenvalue weighted by Gasteiger charge is 2.39. The Morgan fingerprint density at radius 3 is 1.65 bits per heavy atom. The van der Waals surface area contributed by atoms with Crippen LogP contribution in [0.2, 0.25) is 39.3 Å². The van der Waals surface area contributed by atoms with Gasteiger partial charge in [-0.15, -0.1) is 0 Å². The number of nitrogens with zero attached hydrogens (tertiary/aromatic N) is 1. The minimum absolute atomic E-state index is 0.686. The van der Waals surface area contributed by atoms with E-state index >= 15 is 0 Å². The zero-order chi connectivity index (χ0) is 13.3. The lowest BCUT2D eigenvalue weighted by molar-refractivity contribution is 0.988. The second kappa shape index (κ2) is 5.54. The van der Waals surface area contributed by atoms with Crippen molar-refractivity contribution < 1.29 is 0 Å². The van der Waals surface area contributed by atoms with Gasteiger partial charge < -0.3 is 4.00 Å². The molecule has 0 bridgehead atoms. The molecule has 0 heterocycles. The van der Waals surface area contributed by atoms with Gasteiger partial charge in [0.15, 0.2) is 0 Å². The Bertz CT molecular complexity index is 345. The fourth-order valence-corrected chi connectivity index (χ4v) is 20.2. The molecule has 0 amide bonds. The molecule has 0 aliphatic carbocycles. The van der Waals surface area contributed by atoms with Gasteiger partial charge in [0.2, 0.25) is 0 Å². The molecule has 1 aromatic carbocycles. The van der Waals surface area contributed by atoms with E-state index < -0.39 is 23.9 Å². The van der Waals surface area contributed by atoms with E-state index in [9.17, 15) is 0 Å². The average Bonchev–Trinajstić information content (AvgIpc) is 2.14. The van der Waals surface area contributed by atoms with E-state index in [1.165, 1.54) is 5.30 Å². The molecule has 5 heteroatoms. The molecule has 0 aliphatic heterocycles. The summed E-state index contributed by atoms with van der Waals surface area (Å²) >= 11 is 6.80. The van der Waals surface area contributed by atoms with Gasteiger partial charge in [-0.05, 0) is 0 Å². The molecular formula is C12H23ClNPSi2. The van der Waals surface area contributed by atoms with E-state index in [2.05, 4.69) is 73.6 Å². The summed E-state index contributed by atoms with van der Waals surface area (Å²) in [6.45, 7) is 14.4. The second-order valence-corrected chi connectivity index (χ2v) is 19.4. The van der Waals surface area contributed by atoms with Crippen LogP contribution in [0.15, 0.2) is 30.3 Å². The Balaban J connectivity index is 3.09. The number of hydrogen-bond acceptors (Lipinski definition) is 1. The number of halogens is 1. The lowest BCUT2D eigenvalue weighted by Crippen LogP contribution is -2.56. The zero-order valence-corrected chi connectivity index (χ0v) is 15.3. The fourth-order valence-electron chi connectivity index (χ4n) is 2.20. The number of benzene rings is 1. The van der Waals surface area contributed by atoms with E-state index in [-0.39, 0.29) is 0 Å². The van der Waals surface area contributed by atoms with E-state index in [0.717, 1.165) is 0 Å². The van der Waals surface area contributed by atoms with Crippen molar-refractivity contribution in [1.82, 2.24) is 4.00 Å². The van der Waals surface area contributed by atoms with Crippen LogP contribution in [0, 0.1) is 0 Å². The Labute approximate surface area is 114 Å². The summed E-state index contributed by atoms with van der Waals surface area (Å²) in [6, 6.07) is 10.5. The van der Waals surface area contributed by atoms with Gasteiger partial charge in [-0.2, -0.15) is 0 Å².